The van der Waals surface area contributed by atoms with E-state index in [0.717, 1.165) is 5.92 Å². The van der Waals surface area contributed by atoms with E-state index in [1.165, 1.54) is 75.4 Å². The third kappa shape index (κ3) is 16.4. The average Bonchev–Trinajstić information content (AvgIpc) is 2.58. The van der Waals surface area contributed by atoms with E-state index in [9.17, 15) is 0 Å². The Morgan fingerprint density at radius 2 is 1.19 bits per heavy atom. The van der Waals surface area contributed by atoms with Gasteiger partial charge in [-0.1, -0.05) is 66.9 Å². The standard InChI is InChI=1S/C26H46/c1-8-23(4)17-12-19-26(7)21-13-20-25(6)16-10-9-15-24(5)18-11-14-22(2)3/h14-15,17,21,25H,8-13,16,18-20H2,1-7H3/b23-17+,24-15+,26-21+. The smallest absolute Gasteiger partial charge is 0.0288 e. The van der Waals surface area contributed by atoms with E-state index >= 15 is 0 Å². The van der Waals surface area contributed by atoms with Crippen LogP contribution in [0.5, 0.6) is 0 Å². The molecule has 0 aromatic rings. The molecule has 0 aromatic carbocycles. The number of rotatable bonds is 14. The molecular weight excluding hydrogens is 312 g/mol. The Hall–Kier alpha value is -1.04. The largest absolute Gasteiger partial charge is 0.0856 e. The van der Waals surface area contributed by atoms with Gasteiger partial charge >= 0.3 is 0 Å². The van der Waals surface area contributed by atoms with Crippen LogP contribution >= 0.6 is 0 Å². The van der Waals surface area contributed by atoms with Gasteiger partial charge in [-0.25, -0.2) is 0 Å². The average molecular weight is 359 g/mol. The monoisotopic (exact) mass is 358 g/mol. The van der Waals surface area contributed by atoms with Gasteiger partial charge in [0.2, 0.25) is 0 Å². The first-order valence-electron chi connectivity index (χ1n) is 10.9. The maximum Gasteiger partial charge on any atom is -0.0288 e. The molecule has 0 bridgehead atoms. The lowest BCUT2D eigenvalue weighted by Crippen LogP contribution is -1.94. The summed E-state index contributed by atoms with van der Waals surface area (Å²) in [6, 6.07) is 0. The highest BCUT2D eigenvalue weighted by Crippen LogP contribution is 2.17. The lowest BCUT2D eigenvalue weighted by molar-refractivity contribution is 0.480. The minimum absolute atomic E-state index is 0.848. The Balaban J connectivity index is 3.83. The summed E-state index contributed by atoms with van der Waals surface area (Å²) in [5, 5.41) is 0. The third-order valence-corrected chi connectivity index (χ3v) is 5.23. The fraction of sp³-hybridized carbons (Fsp3) is 0.692. The van der Waals surface area contributed by atoms with Crippen molar-refractivity contribution < 1.29 is 0 Å². The van der Waals surface area contributed by atoms with Crippen LogP contribution in [0.2, 0.25) is 0 Å². The lowest BCUT2D eigenvalue weighted by atomic mass is 9.97. The molecule has 0 aliphatic carbocycles. The molecule has 0 rings (SSSR count). The van der Waals surface area contributed by atoms with Crippen LogP contribution in [0.15, 0.2) is 46.6 Å². The molecule has 0 aliphatic heterocycles. The van der Waals surface area contributed by atoms with Crippen LogP contribution in [0, 0.1) is 5.92 Å². The Labute approximate surface area is 165 Å². The molecule has 150 valence electrons. The molecule has 1 atom stereocenters. The minimum atomic E-state index is 0.848. The second-order valence-electron chi connectivity index (χ2n) is 8.48. The van der Waals surface area contributed by atoms with E-state index in [1.54, 1.807) is 11.1 Å². The van der Waals surface area contributed by atoms with Crippen LogP contribution < -0.4 is 0 Å². The first-order valence-corrected chi connectivity index (χ1v) is 10.9. The van der Waals surface area contributed by atoms with E-state index in [0.29, 0.717) is 0 Å². The summed E-state index contributed by atoms with van der Waals surface area (Å²) in [5.41, 5.74) is 6.07. The number of allylic oxidation sites excluding steroid dienone is 8. The van der Waals surface area contributed by atoms with Crippen LogP contribution in [0.1, 0.15) is 113 Å². The fourth-order valence-electron chi connectivity index (χ4n) is 3.06. The molecule has 0 heterocycles. The Bertz CT molecular complexity index is 466. The van der Waals surface area contributed by atoms with Crippen molar-refractivity contribution in [1.29, 1.82) is 0 Å². The maximum atomic E-state index is 2.47. The normalized spacial score (nSPS) is 14.5. The van der Waals surface area contributed by atoms with Gasteiger partial charge in [-0.3, -0.25) is 0 Å². The quantitative estimate of drug-likeness (QED) is 0.214. The van der Waals surface area contributed by atoms with Gasteiger partial charge in [0.15, 0.2) is 0 Å². The summed E-state index contributed by atoms with van der Waals surface area (Å²) in [5.74, 6) is 0.848. The second kappa shape index (κ2) is 16.2. The zero-order valence-corrected chi connectivity index (χ0v) is 19.0. The SMILES string of the molecule is CC/C(C)=C/CC/C(C)=C/CCC(C)CCC/C=C(\C)CCC=C(C)C. The highest BCUT2D eigenvalue weighted by atomic mass is 14.1. The third-order valence-electron chi connectivity index (χ3n) is 5.23. The summed E-state index contributed by atoms with van der Waals surface area (Å²) in [7, 11) is 0. The van der Waals surface area contributed by atoms with Gasteiger partial charge in [0.1, 0.15) is 0 Å². The van der Waals surface area contributed by atoms with Crippen LogP contribution in [0.25, 0.3) is 0 Å². The predicted molar refractivity (Wildman–Crippen MR) is 122 cm³/mol. The van der Waals surface area contributed by atoms with Crippen molar-refractivity contribution in [3.63, 3.8) is 0 Å². The molecule has 0 spiro atoms. The van der Waals surface area contributed by atoms with Crippen molar-refractivity contribution in [2.75, 3.05) is 0 Å². The molecule has 0 aromatic heterocycles. The molecular formula is C26H46. The van der Waals surface area contributed by atoms with Gasteiger partial charge in [0.05, 0.1) is 0 Å². The molecule has 0 nitrogen and oxygen atoms in total. The highest BCUT2D eigenvalue weighted by Gasteiger charge is 2.01. The molecule has 0 fully saturated rings. The summed E-state index contributed by atoms with van der Waals surface area (Å²) in [4.78, 5) is 0. The van der Waals surface area contributed by atoms with Gasteiger partial charge in [-0.05, 0) is 98.3 Å². The maximum absolute atomic E-state index is 2.47. The molecule has 26 heavy (non-hydrogen) atoms. The van der Waals surface area contributed by atoms with Crippen LogP contribution in [-0.2, 0) is 0 Å². The van der Waals surface area contributed by atoms with Crippen molar-refractivity contribution in [2.24, 2.45) is 5.92 Å². The van der Waals surface area contributed by atoms with Crippen molar-refractivity contribution in [3.8, 4) is 0 Å². The van der Waals surface area contributed by atoms with Crippen LogP contribution in [0.3, 0.4) is 0 Å². The minimum Gasteiger partial charge on any atom is -0.0856 e. The highest BCUT2D eigenvalue weighted by molar-refractivity contribution is 5.03. The van der Waals surface area contributed by atoms with Crippen molar-refractivity contribution in [1.82, 2.24) is 0 Å². The Kier molecular flexibility index (Phi) is 15.5. The van der Waals surface area contributed by atoms with Crippen molar-refractivity contribution >= 4 is 0 Å². The zero-order chi connectivity index (χ0) is 19.8. The number of unbranched alkanes of at least 4 members (excludes halogenated alkanes) is 1. The van der Waals surface area contributed by atoms with Gasteiger partial charge in [0.25, 0.3) is 0 Å². The predicted octanol–water partition coefficient (Wildman–Crippen LogP) is 9.35. The van der Waals surface area contributed by atoms with Gasteiger partial charge < -0.3 is 0 Å². The van der Waals surface area contributed by atoms with Crippen molar-refractivity contribution in [3.05, 3.63) is 46.6 Å². The van der Waals surface area contributed by atoms with E-state index in [4.69, 9.17) is 0 Å². The summed E-state index contributed by atoms with van der Waals surface area (Å²) in [6.07, 6.45) is 22.2. The number of hydrogen-bond acceptors (Lipinski definition) is 0. The molecule has 0 saturated heterocycles. The second-order valence-corrected chi connectivity index (χ2v) is 8.48. The topological polar surface area (TPSA) is 0 Å². The van der Waals surface area contributed by atoms with E-state index in [2.05, 4.69) is 72.8 Å². The van der Waals surface area contributed by atoms with Crippen LogP contribution in [0.4, 0.5) is 0 Å². The molecule has 0 aliphatic rings. The van der Waals surface area contributed by atoms with E-state index in [1.807, 2.05) is 0 Å². The molecule has 0 heteroatoms. The summed E-state index contributed by atoms with van der Waals surface area (Å²) >= 11 is 0. The zero-order valence-electron chi connectivity index (χ0n) is 19.0. The summed E-state index contributed by atoms with van der Waals surface area (Å²) < 4.78 is 0. The lowest BCUT2D eigenvalue weighted by Gasteiger charge is -2.09. The molecule has 1 unspecified atom stereocenters. The first-order chi connectivity index (χ1) is 12.3. The molecule has 0 amide bonds. The van der Waals surface area contributed by atoms with Crippen molar-refractivity contribution in [2.45, 2.75) is 113 Å². The Morgan fingerprint density at radius 3 is 1.77 bits per heavy atom. The summed E-state index contributed by atoms with van der Waals surface area (Å²) in [6.45, 7) is 15.8. The van der Waals surface area contributed by atoms with Gasteiger partial charge in [-0.15, -0.1) is 0 Å². The van der Waals surface area contributed by atoms with Gasteiger partial charge in [-0.2, -0.15) is 0 Å². The van der Waals surface area contributed by atoms with Crippen LogP contribution in [-0.4, -0.2) is 0 Å². The molecule has 0 saturated carbocycles. The van der Waals surface area contributed by atoms with E-state index in [-0.39, 0.29) is 0 Å². The molecule has 0 radical (unpaired) electrons. The van der Waals surface area contributed by atoms with E-state index < -0.39 is 0 Å². The van der Waals surface area contributed by atoms with Gasteiger partial charge in [0, 0.05) is 0 Å². The Morgan fingerprint density at radius 1 is 0.654 bits per heavy atom. The molecule has 0 N–H and O–H groups in total. The number of hydrogen-bond donors (Lipinski definition) is 0. The first kappa shape index (κ1) is 25.0. The fourth-order valence-corrected chi connectivity index (χ4v) is 3.06.